The van der Waals surface area contributed by atoms with Gasteiger partial charge in [0.15, 0.2) is 0 Å². The van der Waals surface area contributed by atoms with Crippen molar-refractivity contribution in [3.8, 4) is 11.4 Å². The molecule has 0 amide bonds. The Hall–Kier alpha value is -3.62. The van der Waals surface area contributed by atoms with Crippen LogP contribution in [0.15, 0.2) is 59.5 Å². The molecule has 2 aromatic heterocycles. The number of nitrogens with zero attached hydrogens (tertiary/aromatic N) is 1. The normalized spacial score (nSPS) is 12.1. The zero-order valence-electron chi connectivity index (χ0n) is 15.5. The molecule has 4 aromatic rings. The molecule has 0 saturated heterocycles. The van der Waals surface area contributed by atoms with Gasteiger partial charge in [0.25, 0.3) is 5.56 Å². The molecular formula is C21H17ClN4O4. The molecule has 0 saturated carbocycles. The lowest BCUT2D eigenvalue weighted by Gasteiger charge is -2.15. The molecule has 0 spiro atoms. The van der Waals surface area contributed by atoms with Crippen molar-refractivity contribution in [1.29, 1.82) is 0 Å². The quantitative estimate of drug-likeness (QED) is 0.322. The first-order valence-corrected chi connectivity index (χ1v) is 9.42. The second-order valence-electron chi connectivity index (χ2n) is 6.67. The predicted octanol–water partition coefficient (Wildman–Crippen LogP) is 3.42. The number of rotatable bonds is 6. The third kappa shape index (κ3) is 3.91. The Morgan fingerprint density at radius 3 is 2.80 bits per heavy atom. The van der Waals surface area contributed by atoms with Crippen molar-refractivity contribution in [2.75, 3.05) is 11.9 Å². The van der Waals surface area contributed by atoms with Crippen molar-refractivity contribution >= 4 is 34.3 Å². The Balaban J connectivity index is 1.66. The van der Waals surface area contributed by atoms with Crippen LogP contribution in [0.25, 0.3) is 22.4 Å². The fraction of sp³-hybridized carbons (Fsp3) is 0.0952. The largest absolute Gasteiger partial charge is 0.478 e. The highest BCUT2D eigenvalue weighted by molar-refractivity contribution is 6.30. The number of H-pyrrole nitrogens is 2. The van der Waals surface area contributed by atoms with Gasteiger partial charge in [0.1, 0.15) is 11.4 Å². The molecule has 0 bridgehead atoms. The van der Waals surface area contributed by atoms with E-state index in [0.717, 1.165) is 0 Å². The number of imidazole rings is 1. The summed E-state index contributed by atoms with van der Waals surface area (Å²) in [7, 11) is 0. The lowest BCUT2D eigenvalue weighted by molar-refractivity contribution is 0.0697. The number of halogens is 1. The lowest BCUT2D eigenvalue weighted by atomic mass is 10.1. The molecular weight excluding hydrogens is 408 g/mol. The molecule has 0 aliphatic rings. The Morgan fingerprint density at radius 2 is 2.03 bits per heavy atom. The smallest absolute Gasteiger partial charge is 0.335 e. The maximum atomic E-state index is 12.5. The molecule has 8 nitrogen and oxygen atoms in total. The zero-order valence-corrected chi connectivity index (χ0v) is 16.3. The third-order valence-electron chi connectivity index (χ3n) is 4.65. The molecule has 1 unspecified atom stereocenters. The van der Waals surface area contributed by atoms with Gasteiger partial charge in [0, 0.05) is 17.8 Å². The number of pyridine rings is 1. The summed E-state index contributed by atoms with van der Waals surface area (Å²) in [5, 5.41) is 23.2. The number of aromatic carboxylic acids is 1. The summed E-state index contributed by atoms with van der Waals surface area (Å²) in [5.74, 6) is -0.767. The molecule has 0 aliphatic carbocycles. The molecule has 9 heteroatoms. The van der Waals surface area contributed by atoms with Gasteiger partial charge in [-0.15, -0.1) is 0 Å². The van der Waals surface area contributed by atoms with Crippen molar-refractivity contribution in [1.82, 2.24) is 15.0 Å². The maximum absolute atomic E-state index is 12.5. The van der Waals surface area contributed by atoms with Crippen LogP contribution in [0, 0.1) is 0 Å². The first kappa shape index (κ1) is 19.7. The van der Waals surface area contributed by atoms with E-state index in [-0.39, 0.29) is 29.1 Å². The number of carboxylic acids is 1. The number of aromatic nitrogens is 3. The first-order valence-electron chi connectivity index (χ1n) is 9.05. The number of benzene rings is 2. The van der Waals surface area contributed by atoms with Crippen molar-refractivity contribution in [2.45, 2.75) is 6.10 Å². The molecule has 4 rings (SSSR count). The average Bonchev–Trinajstić information content (AvgIpc) is 3.14. The van der Waals surface area contributed by atoms with E-state index in [0.29, 0.717) is 27.3 Å². The Kier molecular flexibility index (Phi) is 5.26. The molecule has 1 atom stereocenters. The van der Waals surface area contributed by atoms with Crippen LogP contribution in [0.5, 0.6) is 0 Å². The number of carboxylic acid groups (broad SMARTS) is 1. The highest BCUT2D eigenvalue weighted by Crippen LogP contribution is 2.26. The van der Waals surface area contributed by atoms with Crippen molar-refractivity contribution in [2.24, 2.45) is 0 Å². The molecule has 0 aliphatic heterocycles. The number of nitrogens with one attached hydrogen (secondary N) is 3. The van der Waals surface area contributed by atoms with Crippen LogP contribution >= 0.6 is 11.6 Å². The minimum Gasteiger partial charge on any atom is -0.478 e. The molecule has 5 N–H and O–H groups in total. The predicted molar refractivity (Wildman–Crippen MR) is 114 cm³/mol. The highest BCUT2D eigenvalue weighted by atomic mass is 35.5. The van der Waals surface area contributed by atoms with Gasteiger partial charge in [-0.3, -0.25) is 4.79 Å². The number of hydrogen-bond acceptors (Lipinski definition) is 5. The molecule has 2 heterocycles. The van der Waals surface area contributed by atoms with Gasteiger partial charge in [0.2, 0.25) is 0 Å². The maximum Gasteiger partial charge on any atom is 0.335 e. The van der Waals surface area contributed by atoms with E-state index in [1.807, 2.05) is 0 Å². The van der Waals surface area contributed by atoms with Gasteiger partial charge in [-0.25, -0.2) is 9.78 Å². The van der Waals surface area contributed by atoms with Crippen molar-refractivity contribution in [3.63, 3.8) is 0 Å². The van der Waals surface area contributed by atoms with Gasteiger partial charge in [-0.2, -0.15) is 0 Å². The van der Waals surface area contributed by atoms with Gasteiger partial charge >= 0.3 is 5.97 Å². The van der Waals surface area contributed by atoms with Crippen LogP contribution in [-0.4, -0.2) is 37.7 Å². The molecule has 152 valence electrons. The van der Waals surface area contributed by atoms with E-state index < -0.39 is 12.1 Å². The van der Waals surface area contributed by atoms with E-state index in [9.17, 15) is 14.7 Å². The monoisotopic (exact) mass is 424 g/mol. The second-order valence-corrected chi connectivity index (χ2v) is 7.11. The van der Waals surface area contributed by atoms with Gasteiger partial charge in [-0.1, -0.05) is 23.7 Å². The SMILES string of the molecule is O=C(O)c1ccc2nc(-c3c(NCC(O)c4cccc(Cl)c4)cc[nH]c3=O)[nH]c2c1. The molecule has 30 heavy (non-hydrogen) atoms. The summed E-state index contributed by atoms with van der Waals surface area (Å²) < 4.78 is 0. The van der Waals surface area contributed by atoms with Crippen LogP contribution < -0.4 is 10.9 Å². The number of fused-ring (bicyclic) bond motifs is 1. The number of aromatic amines is 2. The third-order valence-corrected chi connectivity index (χ3v) is 4.88. The number of aliphatic hydroxyl groups is 1. The molecule has 0 radical (unpaired) electrons. The van der Waals surface area contributed by atoms with Crippen LogP contribution in [0.1, 0.15) is 22.0 Å². The fourth-order valence-electron chi connectivity index (χ4n) is 3.16. The number of hydrogen-bond donors (Lipinski definition) is 5. The standard InChI is InChI=1S/C21H17ClN4O4/c22-13-3-1-2-11(8-13)17(27)10-24-15-6-7-23-20(28)18(15)19-25-14-5-4-12(21(29)30)9-16(14)26-19/h1-9,17,27H,10H2,(H,25,26)(H,29,30)(H2,23,24,28). The van der Waals surface area contributed by atoms with Crippen LogP contribution in [0.3, 0.4) is 0 Å². The van der Waals surface area contributed by atoms with E-state index in [1.165, 1.54) is 18.3 Å². The van der Waals surface area contributed by atoms with Gasteiger partial charge in [-0.05, 0) is 42.0 Å². The van der Waals surface area contributed by atoms with E-state index in [2.05, 4.69) is 20.3 Å². The Bertz CT molecular complexity index is 1300. The Labute approximate surface area is 175 Å². The van der Waals surface area contributed by atoms with Gasteiger partial charge in [0.05, 0.1) is 28.4 Å². The van der Waals surface area contributed by atoms with E-state index in [1.54, 1.807) is 36.4 Å². The summed E-state index contributed by atoms with van der Waals surface area (Å²) >= 11 is 5.98. The van der Waals surface area contributed by atoms with Crippen LogP contribution in [0.4, 0.5) is 5.69 Å². The number of carbonyl (C=O) groups is 1. The van der Waals surface area contributed by atoms with E-state index >= 15 is 0 Å². The summed E-state index contributed by atoms with van der Waals surface area (Å²) in [6.45, 7) is 0.139. The fourth-order valence-corrected chi connectivity index (χ4v) is 3.36. The lowest BCUT2D eigenvalue weighted by Crippen LogP contribution is -2.17. The van der Waals surface area contributed by atoms with Gasteiger partial charge < -0.3 is 25.5 Å². The highest BCUT2D eigenvalue weighted by Gasteiger charge is 2.16. The van der Waals surface area contributed by atoms with Crippen molar-refractivity contribution in [3.05, 3.63) is 81.2 Å². The summed E-state index contributed by atoms with van der Waals surface area (Å²) in [6.07, 6.45) is 0.648. The Morgan fingerprint density at radius 1 is 1.20 bits per heavy atom. The minimum absolute atomic E-state index is 0.114. The summed E-state index contributed by atoms with van der Waals surface area (Å²) in [5.41, 5.74) is 2.13. The summed E-state index contributed by atoms with van der Waals surface area (Å²) in [4.78, 5) is 33.7. The van der Waals surface area contributed by atoms with Crippen LogP contribution in [-0.2, 0) is 0 Å². The number of aliphatic hydroxyl groups excluding tert-OH is 1. The average molecular weight is 425 g/mol. The number of anilines is 1. The molecule has 0 fully saturated rings. The first-order chi connectivity index (χ1) is 14.4. The van der Waals surface area contributed by atoms with Crippen molar-refractivity contribution < 1.29 is 15.0 Å². The summed E-state index contributed by atoms with van der Waals surface area (Å²) in [6, 6.07) is 13.0. The topological polar surface area (TPSA) is 131 Å². The zero-order chi connectivity index (χ0) is 21.3. The second kappa shape index (κ2) is 8.02. The molecule has 2 aromatic carbocycles. The minimum atomic E-state index is -1.05. The van der Waals surface area contributed by atoms with Crippen LogP contribution in [0.2, 0.25) is 5.02 Å². The van der Waals surface area contributed by atoms with E-state index in [4.69, 9.17) is 16.7 Å².